The number of aromatic nitrogens is 1. The number of ether oxygens (including phenoxy) is 1. The molecule has 0 amide bonds. The molecule has 2 aromatic carbocycles. The summed E-state index contributed by atoms with van der Waals surface area (Å²) < 4.78 is 5.21. The van der Waals surface area contributed by atoms with E-state index >= 15 is 0 Å². The zero-order valence-corrected chi connectivity index (χ0v) is 12.2. The number of methoxy groups -OCH3 is 1. The van der Waals surface area contributed by atoms with E-state index in [-0.39, 0.29) is 18.2 Å². The molecule has 5 nitrogen and oxygen atoms in total. The van der Waals surface area contributed by atoms with Crippen LogP contribution in [0.4, 0.5) is 5.69 Å². The number of anilines is 1. The summed E-state index contributed by atoms with van der Waals surface area (Å²) in [5.41, 5.74) is 14.5. The van der Waals surface area contributed by atoms with Crippen LogP contribution in [0, 0.1) is 5.41 Å². The Balaban J connectivity index is 0.00000161. The monoisotopic (exact) mass is 302 g/mol. The third-order valence-corrected chi connectivity index (χ3v) is 3.33. The van der Waals surface area contributed by atoms with E-state index in [0.29, 0.717) is 11.3 Å². The molecule has 21 heavy (non-hydrogen) atoms. The van der Waals surface area contributed by atoms with Crippen molar-refractivity contribution in [2.24, 2.45) is 5.73 Å². The van der Waals surface area contributed by atoms with Crippen molar-refractivity contribution in [3.63, 3.8) is 0 Å². The second kappa shape index (κ2) is 5.46. The molecular weight excluding hydrogens is 288 g/mol. The number of nitrogens with two attached hydrogens (primary N) is 2. The van der Waals surface area contributed by atoms with Crippen LogP contribution >= 0.6 is 12.4 Å². The number of nitrogens with one attached hydrogen (secondary N) is 1. The fourth-order valence-corrected chi connectivity index (χ4v) is 2.25. The molecule has 1 aromatic heterocycles. The Morgan fingerprint density at radius 1 is 1.10 bits per heavy atom. The lowest BCUT2D eigenvalue weighted by molar-refractivity contribution is 0.415. The van der Waals surface area contributed by atoms with Gasteiger partial charge in [-0.2, -0.15) is 0 Å². The predicted molar refractivity (Wildman–Crippen MR) is 88.5 cm³/mol. The molecule has 0 saturated carbocycles. The number of hydrogen-bond acceptors (Lipinski definition) is 4. The number of amidine groups is 1. The van der Waals surface area contributed by atoms with Gasteiger partial charge >= 0.3 is 0 Å². The minimum absolute atomic E-state index is 0. The molecule has 0 fully saturated rings. The van der Waals surface area contributed by atoms with Gasteiger partial charge in [-0.3, -0.25) is 5.41 Å². The van der Waals surface area contributed by atoms with Crippen LogP contribution in [-0.2, 0) is 0 Å². The van der Waals surface area contributed by atoms with Crippen molar-refractivity contribution in [2.45, 2.75) is 0 Å². The predicted octanol–water partition coefficient (Wildman–Crippen LogP) is 2.68. The summed E-state index contributed by atoms with van der Waals surface area (Å²) in [6.45, 7) is 0. The minimum atomic E-state index is 0. The van der Waals surface area contributed by atoms with Gasteiger partial charge in [0.15, 0.2) is 0 Å². The highest BCUT2D eigenvalue weighted by molar-refractivity contribution is 6.08. The van der Waals surface area contributed by atoms with Gasteiger partial charge in [0, 0.05) is 16.3 Å². The Hall–Kier alpha value is -2.53. The van der Waals surface area contributed by atoms with E-state index in [9.17, 15) is 0 Å². The first-order valence-electron chi connectivity index (χ1n) is 6.11. The smallest absolute Gasteiger partial charge is 0.122 e. The van der Waals surface area contributed by atoms with E-state index in [4.69, 9.17) is 21.6 Å². The average molecular weight is 303 g/mol. The van der Waals surface area contributed by atoms with Gasteiger partial charge in [0.05, 0.1) is 23.8 Å². The van der Waals surface area contributed by atoms with Gasteiger partial charge < -0.3 is 16.2 Å². The first-order chi connectivity index (χ1) is 9.60. The Labute approximate surface area is 127 Å². The van der Waals surface area contributed by atoms with E-state index in [0.717, 1.165) is 27.6 Å². The molecule has 3 aromatic rings. The van der Waals surface area contributed by atoms with Crippen molar-refractivity contribution < 1.29 is 4.74 Å². The molecule has 0 spiro atoms. The summed E-state index contributed by atoms with van der Waals surface area (Å²) in [6.07, 6.45) is 0. The summed E-state index contributed by atoms with van der Waals surface area (Å²) in [6, 6.07) is 11.0. The molecule has 0 aliphatic heterocycles. The molecule has 0 aliphatic rings. The van der Waals surface area contributed by atoms with Crippen LogP contribution in [0.1, 0.15) is 5.56 Å². The Morgan fingerprint density at radius 3 is 2.52 bits per heavy atom. The van der Waals surface area contributed by atoms with E-state index in [2.05, 4.69) is 4.98 Å². The number of halogens is 1. The fraction of sp³-hybridized carbons (Fsp3) is 0.0667. The van der Waals surface area contributed by atoms with Crippen molar-refractivity contribution in [1.82, 2.24) is 4.98 Å². The van der Waals surface area contributed by atoms with Gasteiger partial charge in [-0.1, -0.05) is 6.07 Å². The number of hydrogen-bond donors (Lipinski definition) is 3. The SMILES string of the molecule is COc1ccc2nc3cc(C(=N)N)ccc3c(N)c2c1.Cl. The fourth-order valence-electron chi connectivity index (χ4n) is 2.25. The van der Waals surface area contributed by atoms with E-state index in [1.807, 2.05) is 24.3 Å². The number of fused-ring (bicyclic) bond motifs is 2. The third kappa shape index (κ3) is 2.43. The normalized spacial score (nSPS) is 10.3. The lowest BCUT2D eigenvalue weighted by Gasteiger charge is -2.09. The van der Waals surface area contributed by atoms with Gasteiger partial charge in [0.25, 0.3) is 0 Å². The first kappa shape index (κ1) is 14.9. The summed E-state index contributed by atoms with van der Waals surface area (Å²) in [4.78, 5) is 4.57. The second-order valence-electron chi connectivity index (χ2n) is 4.55. The molecule has 0 saturated heterocycles. The largest absolute Gasteiger partial charge is 0.497 e. The number of benzene rings is 2. The highest BCUT2D eigenvalue weighted by Gasteiger charge is 2.09. The van der Waals surface area contributed by atoms with Gasteiger partial charge in [-0.25, -0.2) is 4.98 Å². The topological polar surface area (TPSA) is 98.0 Å². The summed E-state index contributed by atoms with van der Waals surface area (Å²) in [5, 5.41) is 9.18. The standard InChI is InChI=1S/C15H14N4O.ClH/c1-20-9-3-5-12-11(7-9)14(16)10-4-2-8(15(17)18)6-13(10)19-12;/h2-7H,1H3,(H2,16,19)(H3,17,18);1H. The van der Waals surface area contributed by atoms with Crippen molar-refractivity contribution in [3.8, 4) is 5.75 Å². The van der Waals surface area contributed by atoms with E-state index < -0.39 is 0 Å². The maximum atomic E-state index is 7.48. The Kier molecular flexibility index (Phi) is 3.86. The average Bonchev–Trinajstić information content (AvgIpc) is 2.46. The lowest BCUT2D eigenvalue weighted by atomic mass is 10.1. The molecule has 0 bridgehead atoms. The van der Waals surface area contributed by atoms with Crippen molar-refractivity contribution in [2.75, 3.05) is 12.8 Å². The Morgan fingerprint density at radius 2 is 1.86 bits per heavy atom. The van der Waals surface area contributed by atoms with Crippen LogP contribution in [-0.4, -0.2) is 17.9 Å². The van der Waals surface area contributed by atoms with Crippen LogP contribution < -0.4 is 16.2 Å². The molecule has 5 N–H and O–H groups in total. The molecule has 6 heteroatoms. The zero-order chi connectivity index (χ0) is 14.3. The number of rotatable bonds is 2. The van der Waals surface area contributed by atoms with Crippen molar-refractivity contribution >= 4 is 45.7 Å². The van der Waals surface area contributed by atoms with Crippen LogP contribution in [0.3, 0.4) is 0 Å². The molecule has 1 heterocycles. The van der Waals surface area contributed by atoms with E-state index in [1.54, 1.807) is 19.2 Å². The van der Waals surface area contributed by atoms with Gasteiger partial charge in [0.1, 0.15) is 11.6 Å². The van der Waals surface area contributed by atoms with Gasteiger partial charge in [-0.05, 0) is 30.3 Å². The second-order valence-corrected chi connectivity index (χ2v) is 4.55. The Bertz CT molecular complexity index is 848. The summed E-state index contributed by atoms with van der Waals surface area (Å²) >= 11 is 0. The van der Waals surface area contributed by atoms with Crippen LogP contribution in [0.15, 0.2) is 36.4 Å². The van der Waals surface area contributed by atoms with Crippen LogP contribution in [0.5, 0.6) is 5.75 Å². The first-order valence-corrected chi connectivity index (χ1v) is 6.11. The summed E-state index contributed by atoms with van der Waals surface area (Å²) in [7, 11) is 1.62. The van der Waals surface area contributed by atoms with Crippen molar-refractivity contribution in [3.05, 3.63) is 42.0 Å². The quantitative estimate of drug-likeness (QED) is 0.385. The maximum Gasteiger partial charge on any atom is 0.122 e. The highest BCUT2D eigenvalue weighted by atomic mass is 35.5. The van der Waals surface area contributed by atoms with Gasteiger partial charge in [0.2, 0.25) is 0 Å². The number of nitrogen functional groups attached to an aromatic ring is 2. The van der Waals surface area contributed by atoms with E-state index in [1.165, 1.54) is 0 Å². The third-order valence-electron chi connectivity index (χ3n) is 3.33. The molecule has 0 aliphatic carbocycles. The minimum Gasteiger partial charge on any atom is -0.497 e. The molecule has 0 atom stereocenters. The summed E-state index contributed by atoms with van der Waals surface area (Å²) in [5.74, 6) is 0.757. The molecule has 108 valence electrons. The van der Waals surface area contributed by atoms with Crippen molar-refractivity contribution in [1.29, 1.82) is 5.41 Å². The number of pyridine rings is 1. The molecule has 3 rings (SSSR count). The zero-order valence-electron chi connectivity index (χ0n) is 11.4. The molecular formula is C15H15ClN4O. The molecule has 0 unspecified atom stereocenters. The van der Waals surface area contributed by atoms with Crippen LogP contribution in [0.2, 0.25) is 0 Å². The maximum absolute atomic E-state index is 7.48. The molecule has 0 radical (unpaired) electrons. The number of nitrogens with zero attached hydrogens (tertiary/aromatic N) is 1. The van der Waals surface area contributed by atoms with Crippen LogP contribution in [0.25, 0.3) is 21.8 Å². The lowest BCUT2D eigenvalue weighted by Crippen LogP contribution is -2.10. The highest BCUT2D eigenvalue weighted by Crippen LogP contribution is 2.31. The van der Waals surface area contributed by atoms with Gasteiger partial charge in [-0.15, -0.1) is 12.4 Å².